The van der Waals surface area contributed by atoms with Crippen molar-refractivity contribution in [1.29, 1.82) is 0 Å². The van der Waals surface area contributed by atoms with Crippen LogP contribution in [-0.2, 0) is 24.7 Å². The molecule has 8 heterocycles. The van der Waals surface area contributed by atoms with Crippen LogP contribution in [0.1, 0.15) is 102 Å². The van der Waals surface area contributed by atoms with Crippen LogP contribution in [0.4, 0.5) is 30.8 Å². The van der Waals surface area contributed by atoms with E-state index in [1.165, 1.54) is 18.5 Å². The number of amides is 4. The number of nitrogens with two attached hydrogens (primary N) is 1. The average Bonchev–Trinajstić information content (AvgIpc) is 3.97. The van der Waals surface area contributed by atoms with Crippen LogP contribution in [0.15, 0.2) is 35.4 Å². The molecule has 5 aliphatic rings. The fraction of sp³-hybridized carbons (Fsp3) is 0.551. The second kappa shape index (κ2) is 19.4. The molecule has 4 N–H and O–H groups in total. The van der Waals surface area contributed by atoms with Crippen molar-refractivity contribution in [2.24, 2.45) is 5.92 Å². The Morgan fingerprint density at radius 3 is 2.20 bits per heavy atom. The first-order valence-electron chi connectivity index (χ1n) is 24.7. The van der Waals surface area contributed by atoms with Gasteiger partial charge in [-0.25, -0.2) is 38.2 Å². The molecule has 376 valence electrons. The van der Waals surface area contributed by atoms with Crippen LogP contribution in [0.25, 0.3) is 33.8 Å². The predicted octanol–water partition coefficient (Wildman–Crippen LogP) is 5.41. The number of benzene rings is 1. The molecule has 5 aromatic rings. The van der Waals surface area contributed by atoms with E-state index in [9.17, 15) is 19.2 Å². The smallest absolute Gasteiger partial charge is 0.410 e. The minimum atomic E-state index is -0.930. The number of piperidine rings is 3. The number of ether oxygens (including phenoxy) is 1. The van der Waals surface area contributed by atoms with Gasteiger partial charge in [0, 0.05) is 89.3 Å². The maximum absolute atomic E-state index is 15.3. The van der Waals surface area contributed by atoms with Crippen molar-refractivity contribution in [1.82, 2.24) is 54.9 Å². The normalized spacial score (nSPS) is 20.4. The average molecular weight is 979 g/mol. The number of piperazine rings is 1. The first kappa shape index (κ1) is 47.8. The van der Waals surface area contributed by atoms with E-state index in [0.717, 1.165) is 43.6 Å². The summed E-state index contributed by atoms with van der Waals surface area (Å²) in [5, 5.41) is 15.1. The van der Waals surface area contributed by atoms with Crippen LogP contribution >= 0.6 is 0 Å². The lowest BCUT2D eigenvalue weighted by Crippen LogP contribution is -2.50. The number of carbonyl (C=O) groups is 4. The molecule has 10 rings (SSSR count). The van der Waals surface area contributed by atoms with Crippen LogP contribution in [0.5, 0.6) is 0 Å². The molecule has 71 heavy (non-hydrogen) atoms. The van der Waals surface area contributed by atoms with Crippen molar-refractivity contribution in [3.63, 3.8) is 0 Å². The molecule has 0 radical (unpaired) electrons. The maximum Gasteiger partial charge on any atom is 0.410 e. The lowest BCUT2D eigenvalue weighted by Gasteiger charge is -2.40. The molecule has 0 bridgehead atoms. The van der Waals surface area contributed by atoms with E-state index in [-0.39, 0.29) is 47.9 Å². The van der Waals surface area contributed by atoms with E-state index < -0.39 is 41.3 Å². The lowest BCUT2D eigenvalue weighted by molar-refractivity contribution is -0.141. The maximum atomic E-state index is 15.3. The number of hydrogen-bond acceptors (Lipinski definition) is 16. The van der Waals surface area contributed by atoms with Crippen LogP contribution in [0, 0.1) is 17.6 Å². The lowest BCUT2D eigenvalue weighted by atomic mass is 9.91. The number of aromatic nitrogens is 7. The highest BCUT2D eigenvalue weighted by Crippen LogP contribution is 2.48. The summed E-state index contributed by atoms with van der Waals surface area (Å²) in [6.45, 7) is 12.7. The summed E-state index contributed by atoms with van der Waals surface area (Å²) in [6.07, 6.45) is 8.95. The number of carbonyl (C=O) groups excluding carboxylic acids is 4. The number of nitrogens with zero attached hydrogens (tertiary/aromatic N) is 11. The number of nitrogens with one attached hydrogen (secondary N) is 2. The summed E-state index contributed by atoms with van der Waals surface area (Å²) in [4.78, 5) is 76.3. The summed E-state index contributed by atoms with van der Waals surface area (Å²) in [6, 6.07) is 1.63. The van der Waals surface area contributed by atoms with Crippen molar-refractivity contribution in [2.75, 3.05) is 74.9 Å². The van der Waals surface area contributed by atoms with Crippen molar-refractivity contribution in [3.05, 3.63) is 53.8 Å². The summed E-state index contributed by atoms with van der Waals surface area (Å²) in [5.41, 5.74) is 9.30. The van der Waals surface area contributed by atoms with E-state index in [0.29, 0.717) is 111 Å². The molecule has 4 amide bonds. The first-order valence-corrected chi connectivity index (χ1v) is 24.7. The highest BCUT2D eigenvalue weighted by atomic mass is 19.1. The van der Waals surface area contributed by atoms with Crippen LogP contribution in [0.3, 0.4) is 0 Å². The number of fused-ring (bicyclic) bond motifs is 1. The molecule has 20 nitrogen and oxygen atoms in total. The number of imide groups is 1. The number of rotatable bonds is 11. The summed E-state index contributed by atoms with van der Waals surface area (Å²) in [7, 11) is 0. The molecular formula is C49H60F2N14O6. The van der Waals surface area contributed by atoms with Gasteiger partial charge < -0.3 is 35.0 Å². The van der Waals surface area contributed by atoms with Gasteiger partial charge in [0.05, 0.1) is 16.5 Å². The Kier molecular flexibility index (Phi) is 13.1. The third-order valence-corrected chi connectivity index (χ3v) is 14.5. The molecule has 1 saturated carbocycles. The molecule has 1 aliphatic carbocycles. The van der Waals surface area contributed by atoms with E-state index >= 15 is 8.78 Å². The third-order valence-electron chi connectivity index (χ3n) is 14.5. The zero-order valence-electron chi connectivity index (χ0n) is 40.5. The Hall–Kier alpha value is -6.84. The monoisotopic (exact) mass is 978 g/mol. The van der Waals surface area contributed by atoms with E-state index in [4.69, 9.17) is 30.1 Å². The van der Waals surface area contributed by atoms with Gasteiger partial charge in [0.15, 0.2) is 35.0 Å². The van der Waals surface area contributed by atoms with E-state index in [1.807, 2.05) is 37.8 Å². The Morgan fingerprint density at radius 2 is 1.55 bits per heavy atom. The molecule has 0 spiro atoms. The number of nitrogen functional groups attached to an aromatic ring is 1. The van der Waals surface area contributed by atoms with Crippen molar-refractivity contribution in [3.8, 4) is 22.8 Å². The fourth-order valence-corrected chi connectivity index (χ4v) is 10.4. The standard InChI is InChI=1S/C49H60F2N14O6/c1-27(47(68)63-13-9-28(10-14-63)25-61-17-19-62(20-18-61)41-33(50)21-32(22-34(41)51)57-35-7-8-36(66)58-46(35)67)70-48(69)64-15-11-29(12-16-64)31-23-53-44(54-24-31)37-40(60-71-42(37)30-5-6-30)39-38-43(52)55-26-56-45(38)65(59-39)49(2,3)4/h21-24,26-30,35,57H,5-20,25H2,1-4H3,(H2,52,55,56)(H,58,66,67)/t27-,35?/m0/s1. The zero-order valence-corrected chi connectivity index (χ0v) is 40.5. The Morgan fingerprint density at radius 1 is 0.873 bits per heavy atom. The quantitative estimate of drug-likeness (QED) is 0.140. The SMILES string of the molecule is C[C@H](OC(=O)N1CCC(c2cnc(-c3c(-c4nn(C(C)(C)C)c5ncnc(N)c45)noc3C3CC3)nc2)CC1)C(=O)N1CCC(CN2CCN(c3c(F)cc(NC4CCC(=O)NC4=O)cc3F)CC2)CC1. The number of halogens is 2. The van der Waals surface area contributed by atoms with Gasteiger partial charge in [0.1, 0.15) is 35.3 Å². The largest absolute Gasteiger partial charge is 0.436 e. The van der Waals surface area contributed by atoms with Crippen LogP contribution in [0.2, 0.25) is 0 Å². The van der Waals surface area contributed by atoms with Crippen LogP contribution in [-0.4, -0.2) is 144 Å². The topological polar surface area (TPSA) is 236 Å². The fourth-order valence-electron chi connectivity index (χ4n) is 10.4. The molecule has 2 atom stereocenters. The van der Waals surface area contributed by atoms with Gasteiger partial charge in [-0.2, -0.15) is 5.10 Å². The zero-order chi connectivity index (χ0) is 49.7. The summed E-state index contributed by atoms with van der Waals surface area (Å²) >= 11 is 0. The van der Waals surface area contributed by atoms with Crippen molar-refractivity contribution >= 4 is 52.0 Å². The minimum absolute atomic E-state index is 0.0948. The molecule has 4 aliphatic heterocycles. The first-order chi connectivity index (χ1) is 34.1. The second-order valence-electron chi connectivity index (χ2n) is 20.6. The summed E-state index contributed by atoms with van der Waals surface area (Å²) < 4.78 is 44.1. The molecule has 4 aromatic heterocycles. The second-order valence-corrected chi connectivity index (χ2v) is 20.6. The Labute approximate surface area is 409 Å². The van der Waals surface area contributed by atoms with Gasteiger partial charge >= 0.3 is 6.09 Å². The molecule has 1 unspecified atom stereocenters. The molecular weight excluding hydrogens is 919 g/mol. The van der Waals surface area contributed by atoms with E-state index in [2.05, 4.69) is 30.7 Å². The molecule has 1 aromatic carbocycles. The number of anilines is 3. The van der Waals surface area contributed by atoms with Gasteiger partial charge in [0.25, 0.3) is 5.91 Å². The third kappa shape index (κ3) is 9.94. The molecule has 22 heteroatoms. The van der Waals surface area contributed by atoms with Crippen LogP contribution < -0.4 is 21.3 Å². The van der Waals surface area contributed by atoms with E-state index in [1.54, 1.807) is 21.6 Å². The minimum Gasteiger partial charge on any atom is -0.436 e. The van der Waals surface area contributed by atoms with Gasteiger partial charge in [0.2, 0.25) is 11.8 Å². The molecule has 5 fully saturated rings. The van der Waals surface area contributed by atoms with Gasteiger partial charge in [-0.15, -0.1) is 0 Å². The van der Waals surface area contributed by atoms with Gasteiger partial charge in [-0.3, -0.25) is 24.6 Å². The highest BCUT2D eigenvalue weighted by Gasteiger charge is 2.38. The van der Waals surface area contributed by atoms with Gasteiger partial charge in [-0.05, 0) is 102 Å². The Bertz CT molecular complexity index is 2800. The number of hydrogen-bond donors (Lipinski definition) is 3. The Balaban J connectivity index is 0.677. The predicted molar refractivity (Wildman–Crippen MR) is 257 cm³/mol. The summed E-state index contributed by atoms with van der Waals surface area (Å²) in [5.74, 6) is -0.371. The number of likely N-dealkylation sites (tertiary alicyclic amines) is 2. The van der Waals surface area contributed by atoms with Gasteiger partial charge in [-0.1, -0.05) is 5.16 Å². The van der Waals surface area contributed by atoms with Crippen molar-refractivity contribution < 1.29 is 37.2 Å². The van der Waals surface area contributed by atoms with Crippen molar-refractivity contribution in [2.45, 2.75) is 109 Å². The highest BCUT2D eigenvalue weighted by molar-refractivity contribution is 6.02. The molecule has 4 saturated heterocycles.